The van der Waals surface area contributed by atoms with Crippen LogP contribution in [0.5, 0.6) is 0 Å². The Hall–Kier alpha value is -1.86. The van der Waals surface area contributed by atoms with Gasteiger partial charge in [-0.1, -0.05) is 31.4 Å². The smallest absolute Gasteiger partial charge is 0.268 e. The van der Waals surface area contributed by atoms with Crippen molar-refractivity contribution < 1.29 is 13.2 Å². The van der Waals surface area contributed by atoms with Gasteiger partial charge in [0.15, 0.2) is 0 Å². The van der Waals surface area contributed by atoms with Gasteiger partial charge in [-0.2, -0.15) is 0 Å². The third-order valence-electron chi connectivity index (χ3n) is 5.21. The summed E-state index contributed by atoms with van der Waals surface area (Å²) in [5.74, 6) is -0.0222. The predicted octanol–water partition coefficient (Wildman–Crippen LogP) is 4.03. The number of rotatable bonds is 4. The fraction of sp³-hybridized carbons (Fsp3) is 0.421. The molecule has 5 nitrogen and oxygen atoms in total. The van der Waals surface area contributed by atoms with Gasteiger partial charge in [-0.15, -0.1) is 11.3 Å². The van der Waals surface area contributed by atoms with Gasteiger partial charge >= 0.3 is 0 Å². The molecule has 0 atom stereocenters. The van der Waals surface area contributed by atoms with Gasteiger partial charge in [0.05, 0.1) is 15.8 Å². The molecule has 1 aliphatic carbocycles. The van der Waals surface area contributed by atoms with E-state index in [4.69, 9.17) is 0 Å². The molecule has 1 aliphatic heterocycles. The Morgan fingerprint density at radius 1 is 1.15 bits per heavy atom. The number of amides is 1. The second-order valence-electron chi connectivity index (χ2n) is 6.93. The van der Waals surface area contributed by atoms with Crippen molar-refractivity contribution in [3.8, 4) is 0 Å². The fourth-order valence-electron chi connectivity index (χ4n) is 3.81. The van der Waals surface area contributed by atoms with Crippen LogP contribution in [0.25, 0.3) is 0 Å². The van der Waals surface area contributed by atoms with Crippen LogP contribution in [0.2, 0.25) is 0 Å². The molecule has 1 saturated carbocycles. The van der Waals surface area contributed by atoms with Crippen molar-refractivity contribution in [1.82, 2.24) is 0 Å². The molecule has 2 aliphatic rings. The van der Waals surface area contributed by atoms with E-state index in [1.54, 1.807) is 17.0 Å². The Morgan fingerprint density at radius 3 is 2.69 bits per heavy atom. The number of hydrogen-bond acceptors (Lipinski definition) is 4. The van der Waals surface area contributed by atoms with Crippen molar-refractivity contribution in [2.45, 2.75) is 43.8 Å². The summed E-state index contributed by atoms with van der Waals surface area (Å²) in [7, 11) is -3.39. The summed E-state index contributed by atoms with van der Waals surface area (Å²) < 4.78 is 28.1. The Balaban J connectivity index is 1.57. The lowest BCUT2D eigenvalue weighted by Crippen LogP contribution is -2.30. The minimum Gasteiger partial charge on any atom is -0.307 e. The molecule has 26 heavy (non-hydrogen) atoms. The quantitative estimate of drug-likeness (QED) is 0.857. The molecule has 0 unspecified atom stereocenters. The van der Waals surface area contributed by atoms with Crippen molar-refractivity contribution in [2.24, 2.45) is 0 Å². The summed E-state index contributed by atoms with van der Waals surface area (Å²) in [6, 6.07) is 9.21. The van der Waals surface area contributed by atoms with Gasteiger partial charge in [0.2, 0.25) is 10.0 Å². The number of nitrogens with zero attached hydrogens (tertiary/aromatic N) is 1. The van der Waals surface area contributed by atoms with Crippen LogP contribution in [0.3, 0.4) is 0 Å². The summed E-state index contributed by atoms with van der Waals surface area (Å²) in [5.41, 5.74) is 2.43. The predicted molar refractivity (Wildman–Crippen MR) is 106 cm³/mol. The molecule has 138 valence electrons. The topological polar surface area (TPSA) is 66.5 Å². The fourth-order valence-corrected chi connectivity index (χ4v) is 6.06. The molecule has 2 heterocycles. The molecular weight excluding hydrogens is 368 g/mol. The molecule has 1 aromatic carbocycles. The van der Waals surface area contributed by atoms with Crippen molar-refractivity contribution >= 4 is 38.6 Å². The molecule has 2 aromatic rings. The summed E-state index contributed by atoms with van der Waals surface area (Å²) in [4.78, 5) is 15.2. The van der Waals surface area contributed by atoms with E-state index in [-0.39, 0.29) is 11.2 Å². The van der Waals surface area contributed by atoms with Crippen LogP contribution in [0.4, 0.5) is 11.4 Å². The van der Waals surface area contributed by atoms with Gasteiger partial charge in [0.25, 0.3) is 5.91 Å². The van der Waals surface area contributed by atoms with E-state index in [9.17, 15) is 13.2 Å². The van der Waals surface area contributed by atoms with E-state index >= 15 is 0 Å². The van der Waals surface area contributed by atoms with Gasteiger partial charge in [-0.05, 0) is 48.4 Å². The van der Waals surface area contributed by atoms with E-state index < -0.39 is 10.0 Å². The number of carbonyl (C=O) groups excluding carboxylic acids is 1. The third-order valence-corrected chi connectivity index (χ3v) is 7.94. The van der Waals surface area contributed by atoms with E-state index in [0.717, 1.165) is 49.8 Å². The lowest BCUT2D eigenvalue weighted by molar-refractivity contribution is 0.0993. The summed E-state index contributed by atoms with van der Waals surface area (Å²) in [6.07, 6.45) is 5.30. The Bertz CT molecular complexity index is 901. The Labute approximate surface area is 158 Å². The van der Waals surface area contributed by atoms with Crippen LogP contribution >= 0.6 is 11.3 Å². The monoisotopic (exact) mass is 390 g/mol. The number of anilines is 2. The summed E-state index contributed by atoms with van der Waals surface area (Å²) >= 11 is 1.42. The highest BCUT2D eigenvalue weighted by atomic mass is 32.2. The van der Waals surface area contributed by atoms with Crippen molar-refractivity contribution in [3.05, 3.63) is 46.2 Å². The third kappa shape index (κ3) is 3.38. The van der Waals surface area contributed by atoms with Crippen LogP contribution < -0.4 is 9.62 Å². The zero-order valence-electron chi connectivity index (χ0n) is 14.5. The molecule has 0 saturated heterocycles. The SMILES string of the molecule is O=C(c1cccs1)N1CCc2ccc(NS(=O)(=O)C3CCCCC3)cc21. The molecular formula is C19H22N2O3S2. The zero-order valence-corrected chi connectivity index (χ0v) is 16.1. The molecule has 0 radical (unpaired) electrons. The van der Waals surface area contributed by atoms with Gasteiger partial charge in [0.1, 0.15) is 0 Å². The molecule has 7 heteroatoms. The number of hydrogen-bond donors (Lipinski definition) is 1. The van der Waals surface area contributed by atoms with Gasteiger partial charge < -0.3 is 4.90 Å². The molecule has 1 fully saturated rings. The van der Waals surface area contributed by atoms with Crippen LogP contribution in [0.15, 0.2) is 35.7 Å². The first-order chi connectivity index (χ1) is 12.5. The van der Waals surface area contributed by atoms with Gasteiger partial charge in [-0.25, -0.2) is 8.42 Å². The number of thiophene rings is 1. The number of carbonyl (C=O) groups is 1. The highest BCUT2D eigenvalue weighted by Gasteiger charge is 2.29. The zero-order chi connectivity index (χ0) is 18.1. The minimum atomic E-state index is -3.39. The van der Waals surface area contributed by atoms with Crippen LogP contribution in [-0.2, 0) is 16.4 Å². The minimum absolute atomic E-state index is 0.0222. The second kappa shape index (κ2) is 7.04. The molecule has 1 amide bonds. The average molecular weight is 391 g/mol. The number of benzene rings is 1. The maximum absolute atomic E-state index is 12.7. The average Bonchev–Trinajstić information content (AvgIpc) is 3.31. The normalized spacial score (nSPS) is 17.9. The highest BCUT2D eigenvalue weighted by molar-refractivity contribution is 7.93. The number of fused-ring (bicyclic) bond motifs is 1. The highest BCUT2D eigenvalue weighted by Crippen LogP contribution is 2.33. The van der Waals surface area contributed by atoms with E-state index in [1.165, 1.54) is 11.3 Å². The first-order valence-corrected chi connectivity index (χ1v) is 11.5. The molecule has 1 aromatic heterocycles. The summed E-state index contributed by atoms with van der Waals surface area (Å²) in [6.45, 7) is 0.630. The molecule has 0 bridgehead atoms. The number of sulfonamides is 1. The maximum atomic E-state index is 12.7. The van der Waals surface area contributed by atoms with Crippen molar-refractivity contribution in [3.63, 3.8) is 0 Å². The Morgan fingerprint density at radius 2 is 1.96 bits per heavy atom. The molecule has 4 rings (SSSR count). The first-order valence-electron chi connectivity index (χ1n) is 9.04. The van der Waals surface area contributed by atoms with Gasteiger partial charge in [-0.3, -0.25) is 9.52 Å². The maximum Gasteiger partial charge on any atom is 0.268 e. The molecule has 1 N–H and O–H groups in total. The van der Waals surface area contributed by atoms with E-state index in [0.29, 0.717) is 17.1 Å². The number of nitrogens with one attached hydrogen (secondary N) is 1. The Kier molecular flexibility index (Phi) is 4.75. The van der Waals surface area contributed by atoms with Crippen LogP contribution in [0, 0.1) is 0 Å². The van der Waals surface area contributed by atoms with E-state index in [1.807, 2.05) is 23.6 Å². The summed E-state index contributed by atoms with van der Waals surface area (Å²) in [5, 5.41) is 1.58. The van der Waals surface area contributed by atoms with E-state index in [2.05, 4.69) is 4.72 Å². The van der Waals surface area contributed by atoms with Crippen molar-refractivity contribution in [2.75, 3.05) is 16.2 Å². The van der Waals surface area contributed by atoms with Gasteiger partial charge in [0, 0.05) is 12.2 Å². The molecule has 0 spiro atoms. The second-order valence-corrected chi connectivity index (χ2v) is 9.84. The standard InChI is InChI=1S/C19H22N2O3S2/c22-19(18-7-4-12-25-18)21-11-10-14-8-9-15(13-17(14)21)20-26(23,24)16-5-2-1-3-6-16/h4,7-9,12-13,16,20H,1-3,5-6,10-11H2. The van der Waals surface area contributed by atoms with Crippen LogP contribution in [-0.4, -0.2) is 26.1 Å². The first kappa shape index (κ1) is 17.5. The van der Waals surface area contributed by atoms with Crippen LogP contribution in [0.1, 0.15) is 47.3 Å². The lowest BCUT2D eigenvalue weighted by Gasteiger charge is -2.23. The van der Waals surface area contributed by atoms with Crippen molar-refractivity contribution in [1.29, 1.82) is 0 Å². The largest absolute Gasteiger partial charge is 0.307 e. The lowest BCUT2D eigenvalue weighted by atomic mass is 10.0.